The monoisotopic (exact) mass is 254 g/mol. The number of amides is 1. The van der Waals surface area contributed by atoms with Gasteiger partial charge in [-0.05, 0) is 12.1 Å². The van der Waals surface area contributed by atoms with Crippen molar-refractivity contribution in [3.05, 3.63) is 46.8 Å². The number of hydrogen-bond acceptors (Lipinski definition) is 3. The second-order valence-corrected chi connectivity index (χ2v) is 3.62. The smallest absolute Gasteiger partial charge is 0.256 e. The summed E-state index contributed by atoms with van der Waals surface area (Å²) < 4.78 is 13.4. The molecule has 0 aliphatic heterocycles. The van der Waals surface area contributed by atoms with Gasteiger partial charge in [0.1, 0.15) is 18.0 Å². The van der Waals surface area contributed by atoms with Crippen LogP contribution in [0.3, 0.4) is 0 Å². The number of carbonyl (C=O) groups excluding carboxylic acids is 1. The Balaban J connectivity index is 2.10. The third-order valence-corrected chi connectivity index (χ3v) is 2.39. The highest BCUT2D eigenvalue weighted by Crippen LogP contribution is 2.18. The highest BCUT2D eigenvalue weighted by molar-refractivity contribution is 6.33. The molecule has 2 aromatic rings. The summed E-state index contributed by atoms with van der Waals surface area (Å²) in [4.78, 5) is 15.5. The molecule has 0 atom stereocenters. The molecular weight excluding hydrogens is 247 g/mol. The number of carbonyl (C=O) groups is 1. The van der Waals surface area contributed by atoms with Crippen LogP contribution >= 0.6 is 11.6 Å². The van der Waals surface area contributed by atoms with Gasteiger partial charge in [-0.1, -0.05) is 17.7 Å². The van der Waals surface area contributed by atoms with E-state index in [0.29, 0.717) is 5.82 Å². The van der Waals surface area contributed by atoms with Gasteiger partial charge in [0.2, 0.25) is 0 Å². The Hall–Kier alpha value is -1.95. The normalized spacial score (nSPS) is 10.2. The Labute approximate surface area is 101 Å². The van der Waals surface area contributed by atoms with Crippen molar-refractivity contribution in [3.8, 4) is 0 Å². The minimum absolute atomic E-state index is 0.0695. The van der Waals surface area contributed by atoms with Gasteiger partial charge in [-0.15, -0.1) is 0 Å². The van der Waals surface area contributed by atoms with E-state index in [1.807, 2.05) is 0 Å². The molecule has 17 heavy (non-hydrogen) atoms. The highest BCUT2D eigenvalue weighted by atomic mass is 35.5. The summed E-state index contributed by atoms with van der Waals surface area (Å²) in [6.45, 7) is 0.128. The van der Waals surface area contributed by atoms with E-state index in [4.69, 9.17) is 11.6 Å². The molecule has 2 rings (SSSR count). The van der Waals surface area contributed by atoms with Crippen LogP contribution in [0.1, 0.15) is 16.2 Å². The standard InChI is InChI=1S/C10H8ClFN4O/c11-6-2-1-3-7(12)9(6)10(17)13-4-8-14-5-15-16-8/h1-3,5H,4H2,(H,13,17)(H,14,15,16). The van der Waals surface area contributed by atoms with E-state index in [1.165, 1.54) is 24.5 Å². The number of rotatable bonds is 3. The van der Waals surface area contributed by atoms with Crippen molar-refractivity contribution in [2.45, 2.75) is 6.54 Å². The molecule has 1 amide bonds. The summed E-state index contributed by atoms with van der Waals surface area (Å²) in [5.41, 5.74) is -0.173. The van der Waals surface area contributed by atoms with Gasteiger partial charge in [0, 0.05) is 0 Å². The fraction of sp³-hybridized carbons (Fsp3) is 0.100. The number of hydrogen-bond donors (Lipinski definition) is 2. The van der Waals surface area contributed by atoms with Crippen LogP contribution in [0.2, 0.25) is 5.02 Å². The molecule has 7 heteroatoms. The van der Waals surface area contributed by atoms with Crippen LogP contribution in [0.5, 0.6) is 0 Å². The first-order valence-corrected chi connectivity index (χ1v) is 5.12. The minimum atomic E-state index is -0.660. The van der Waals surface area contributed by atoms with Gasteiger partial charge < -0.3 is 5.32 Å². The van der Waals surface area contributed by atoms with Gasteiger partial charge in [-0.2, -0.15) is 5.10 Å². The average molecular weight is 255 g/mol. The maximum absolute atomic E-state index is 13.4. The van der Waals surface area contributed by atoms with Crippen molar-refractivity contribution in [1.29, 1.82) is 0 Å². The number of nitrogens with one attached hydrogen (secondary N) is 2. The second kappa shape index (κ2) is 4.92. The molecule has 0 fully saturated rings. The lowest BCUT2D eigenvalue weighted by molar-refractivity contribution is 0.0946. The van der Waals surface area contributed by atoms with E-state index in [-0.39, 0.29) is 17.1 Å². The maximum atomic E-state index is 13.4. The third kappa shape index (κ3) is 2.59. The van der Waals surface area contributed by atoms with Gasteiger partial charge in [0.25, 0.3) is 5.91 Å². The van der Waals surface area contributed by atoms with Crippen molar-refractivity contribution in [2.75, 3.05) is 0 Å². The largest absolute Gasteiger partial charge is 0.345 e. The number of aromatic amines is 1. The van der Waals surface area contributed by atoms with Gasteiger partial charge in [0.05, 0.1) is 17.1 Å². The fourth-order valence-electron chi connectivity index (χ4n) is 1.28. The first kappa shape index (κ1) is 11.5. The van der Waals surface area contributed by atoms with Crippen LogP contribution in [0.25, 0.3) is 0 Å². The van der Waals surface area contributed by atoms with Crippen molar-refractivity contribution in [3.63, 3.8) is 0 Å². The van der Waals surface area contributed by atoms with E-state index < -0.39 is 11.7 Å². The fourth-order valence-corrected chi connectivity index (χ4v) is 1.53. The Morgan fingerprint density at radius 1 is 1.53 bits per heavy atom. The summed E-state index contributed by atoms with van der Waals surface area (Å²) in [5.74, 6) is -0.775. The summed E-state index contributed by atoms with van der Waals surface area (Å²) in [5, 5.41) is 8.75. The Bertz CT molecular complexity index is 509. The molecule has 0 unspecified atom stereocenters. The summed E-state index contributed by atoms with van der Waals surface area (Å²) in [7, 11) is 0. The lowest BCUT2D eigenvalue weighted by Crippen LogP contribution is -2.24. The predicted octanol–water partition coefficient (Wildman–Crippen LogP) is 1.53. The Kier molecular flexibility index (Phi) is 3.34. The molecule has 1 aromatic carbocycles. The first-order valence-electron chi connectivity index (χ1n) is 4.75. The summed E-state index contributed by atoms with van der Waals surface area (Å²) in [6, 6.07) is 4.06. The molecule has 0 saturated carbocycles. The van der Waals surface area contributed by atoms with Crippen molar-refractivity contribution in [2.24, 2.45) is 0 Å². The van der Waals surface area contributed by atoms with Crippen molar-refractivity contribution in [1.82, 2.24) is 20.5 Å². The van der Waals surface area contributed by atoms with E-state index in [9.17, 15) is 9.18 Å². The number of halogens is 2. The molecule has 0 spiro atoms. The minimum Gasteiger partial charge on any atom is -0.345 e. The van der Waals surface area contributed by atoms with Gasteiger partial charge in [-0.3, -0.25) is 9.89 Å². The van der Waals surface area contributed by atoms with Gasteiger partial charge in [-0.25, -0.2) is 9.37 Å². The number of aromatic nitrogens is 3. The van der Waals surface area contributed by atoms with Crippen molar-refractivity contribution < 1.29 is 9.18 Å². The van der Waals surface area contributed by atoms with Crippen LogP contribution in [0.15, 0.2) is 24.5 Å². The van der Waals surface area contributed by atoms with Crippen LogP contribution in [0, 0.1) is 5.82 Å². The van der Waals surface area contributed by atoms with Crippen LogP contribution < -0.4 is 5.32 Å². The molecule has 0 saturated heterocycles. The summed E-state index contributed by atoms with van der Waals surface area (Å²) >= 11 is 5.75. The lowest BCUT2D eigenvalue weighted by Gasteiger charge is -2.05. The average Bonchev–Trinajstić information content (AvgIpc) is 2.79. The van der Waals surface area contributed by atoms with Crippen LogP contribution in [0.4, 0.5) is 4.39 Å². The topological polar surface area (TPSA) is 70.7 Å². The molecule has 88 valence electrons. The highest BCUT2D eigenvalue weighted by Gasteiger charge is 2.15. The molecule has 0 aliphatic rings. The van der Waals surface area contributed by atoms with Crippen LogP contribution in [-0.4, -0.2) is 21.1 Å². The quantitative estimate of drug-likeness (QED) is 0.873. The van der Waals surface area contributed by atoms with Crippen LogP contribution in [-0.2, 0) is 6.54 Å². The van der Waals surface area contributed by atoms with Crippen molar-refractivity contribution >= 4 is 17.5 Å². The Morgan fingerprint density at radius 3 is 3.00 bits per heavy atom. The molecule has 2 N–H and O–H groups in total. The SMILES string of the molecule is O=C(NCc1ncn[nH]1)c1c(F)cccc1Cl. The zero-order valence-corrected chi connectivity index (χ0v) is 9.33. The molecule has 5 nitrogen and oxygen atoms in total. The van der Waals surface area contributed by atoms with E-state index in [1.54, 1.807) is 0 Å². The molecule has 0 bridgehead atoms. The van der Waals surface area contributed by atoms with E-state index >= 15 is 0 Å². The molecule has 1 aromatic heterocycles. The molecular formula is C10H8ClFN4O. The first-order chi connectivity index (χ1) is 8.18. The van der Waals surface area contributed by atoms with Gasteiger partial charge in [0.15, 0.2) is 0 Å². The summed E-state index contributed by atoms with van der Waals surface area (Å²) in [6.07, 6.45) is 1.32. The lowest BCUT2D eigenvalue weighted by atomic mass is 10.2. The third-order valence-electron chi connectivity index (χ3n) is 2.07. The zero-order valence-electron chi connectivity index (χ0n) is 8.58. The second-order valence-electron chi connectivity index (χ2n) is 3.21. The number of nitrogens with zero attached hydrogens (tertiary/aromatic N) is 2. The predicted molar refractivity (Wildman–Crippen MR) is 59.0 cm³/mol. The number of H-pyrrole nitrogens is 1. The molecule has 0 aliphatic carbocycles. The number of benzene rings is 1. The zero-order chi connectivity index (χ0) is 12.3. The van der Waals surface area contributed by atoms with E-state index in [2.05, 4.69) is 20.5 Å². The molecule has 0 radical (unpaired) electrons. The maximum Gasteiger partial charge on any atom is 0.256 e. The van der Waals surface area contributed by atoms with Gasteiger partial charge >= 0.3 is 0 Å². The Morgan fingerprint density at radius 2 is 2.35 bits per heavy atom. The van der Waals surface area contributed by atoms with E-state index in [0.717, 1.165) is 0 Å². The molecule has 1 heterocycles.